The first-order valence-electron chi connectivity index (χ1n) is 4.76. The molecule has 2 rings (SSSR count). The highest BCUT2D eigenvalue weighted by Crippen LogP contribution is 2.31. The van der Waals surface area contributed by atoms with E-state index in [1.165, 1.54) is 0 Å². The monoisotopic (exact) mass is 178 g/mol. The lowest BCUT2D eigenvalue weighted by Crippen LogP contribution is -2.03. The van der Waals surface area contributed by atoms with Gasteiger partial charge >= 0.3 is 0 Å². The molecule has 70 valence electrons. The van der Waals surface area contributed by atoms with Crippen LogP contribution in [-0.2, 0) is 6.42 Å². The van der Waals surface area contributed by atoms with E-state index in [-0.39, 0.29) is 11.7 Å². The van der Waals surface area contributed by atoms with Crippen LogP contribution in [0.1, 0.15) is 48.6 Å². The van der Waals surface area contributed by atoms with Crippen LogP contribution in [0.15, 0.2) is 10.5 Å². The Kier molecular flexibility index (Phi) is 1.79. The van der Waals surface area contributed by atoms with Crippen LogP contribution in [0.4, 0.5) is 0 Å². The molecule has 0 radical (unpaired) electrons. The number of hydrogen-bond acceptors (Lipinski definition) is 2. The maximum Gasteiger partial charge on any atom is 0.169 e. The molecule has 1 aromatic rings. The van der Waals surface area contributed by atoms with E-state index in [0.29, 0.717) is 5.92 Å². The molecule has 0 bridgehead atoms. The van der Waals surface area contributed by atoms with Gasteiger partial charge in [-0.2, -0.15) is 0 Å². The molecule has 0 amide bonds. The van der Waals surface area contributed by atoms with Crippen molar-refractivity contribution in [1.82, 2.24) is 0 Å². The van der Waals surface area contributed by atoms with Crippen molar-refractivity contribution in [3.05, 3.63) is 23.2 Å². The van der Waals surface area contributed by atoms with Gasteiger partial charge in [0.25, 0.3) is 0 Å². The third-order valence-electron chi connectivity index (χ3n) is 2.60. The normalized spacial score (nSPS) is 21.2. The van der Waals surface area contributed by atoms with Crippen LogP contribution in [0.2, 0.25) is 0 Å². The number of rotatable bonds is 1. The van der Waals surface area contributed by atoms with Crippen LogP contribution >= 0.6 is 0 Å². The van der Waals surface area contributed by atoms with Crippen molar-refractivity contribution < 1.29 is 9.21 Å². The number of carbonyl (C=O) groups excluding carboxylic acids is 1. The number of furan rings is 1. The summed E-state index contributed by atoms with van der Waals surface area (Å²) < 4.78 is 5.61. The Labute approximate surface area is 77.9 Å². The molecule has 0 saturated carbocycles. The van der Waals surface area contributed by atoms with Crippen LogP contribution < -0.4 is 0 Å². The van der Waals surface area contributed by atoms with E-state index in [1.807, 2.05) is 13.0 Å². The molecule has 1 aromatic heterocycles. The Bertz CT molecular complexity index is 347. The molecule has 1 aliphatic rings. The maximum atomic E-state index is 11.6. The Morgan fingerprint density at radius 1 is 1.54 bits per heavy atom. The van der Waals surface area contributed by atoms with Crippen molar-refractivity contribution in [1.29, 1.82) is 0 Å². The molecule has 0 aromatic carbocycles. The number of hydrogen-bond donors (Lipinski definition) is 0. The van der Waals surface area contributed by atoms with Gasteiger partial charge in [-0.05, 0) is 6.07 Å². The lowest BCUT2D eigenvalue weighted by atomic mass is 10.1. The molecule has 0 fully saturated rings. The van der Waals surface area contributed by atoms with E-state index in [4.69, 9.17) is 4.42 Å². The predicted molar refractivity (Wildman–Crippen MR) is 50.0 cm³/mol. The first-order chi connectivity index (χ1) is 6.09. The Morgan fingerprint density at radius 3 is 2.77 bits per heavy atom. The van der Waals surface area contributed by atoms with Gasteiger partial charge in [-0.15, -0.1) is 0 Å². The van der Waals surface area contributed by atoms with Gasteiger partial charge in [-0.25, -0.2) is 0 Å². The molecule has 2 nitrogen and oxygen atoms in total. The molecule has 0 saturated heterocycles. The topological polar surface area (TPSA) is 30.2 Å². The van der Waals surface area contributed by atoms with Crippen LogP contribution in [0.3, 0.4) is 0 Å². The second kappa shape index (κ2) is 2.72. The van der Waals surface area contributed by atoms with E-state index >= 15 is 0 Å². The molecule has 0 N–H and O–H groups in total. The lowest BCUT2D eigenvalue weighted by molar-refractivity contribution is 0.0945. The van der Waals surface area contributed by atoms with Gasteiger partial charge in [-0.1, -0.05) is 20.8 Å². The minimum absolute atomic E-state index is 0.120. The number of fused-ring (bicyclic) bond motifs is 1. The predicted octanol–water partition coefficient (Wildman–Crippen LogP) is 2.78. The van der Waals surface area contributed by atoms with E-state index in [9.17, 15) is 4.79 Å². The highest BCUT2D eigenvalue weighted by molar-refractivity contribution is 6.01. The fraction of sp³-hybridized carbons (Fsp3) is 0.545. The molecule has 0 aliphatic heterocycles. The first kappa shape index (κ1) is 8.54. The lowest BCUT2D eigenvalue weighted by Gasteiger charge is -2.00. The zero-order valence-corrected chi connectivity index (χ0v) is 8.26. The molecular weight excluding hydrogens is 164 g/mol. The van der Waals surface area contributed by atoms with Crippen LogP contribution in [0.25, 0.3) is 0 Å². The van der Waals surface area contributed by atoms with Gasteiger partial charge < -0.3 is 4.42 Å². The Hall–Kier alpha value is -1.05. The maximum absolute atomic E-state index is 11.6. The van der Waals surface area contributed by atoms with Crippen molar-refractivity contribution in [2.24, 2.45) is 5.92 Å². The smallest absolute Gasteiger partial charge is 0.169 e. The van der Waals surface area contributed by atoms with Crippen molar-refractivity contribution >= 4 is 5.78 Å². The number of ketones is 1. The average Bonchev–Trinajstić information content (AvgIpc) is 2.55. The summed E-state index contributed by atoms with van der Waals surface area (Å²) in [6, 6.07) is 1.91. The third-order valence-corrected chi connectivity index (χ3v) is 2.60. The quantitative estimate of drug-likeness (QED) is 0.662. The second-order valence-corrected chi connectivity index (χ2v) is 4.11. The molecule has 0 spiro atoms. The molecule has 1 heterocycles. The highest BCUT2D eigenvalue weighted by atomic mass is 16.3. The first-order valence-corrected chi connectivity index (χ1v) is 4.76. The van der Waals surface area contributed by atoms with Crippen LogP contribution in [0, 0.1) is 5.92 Å². The Balaban J connectivity index is 2.40. The van der Waals surface area contributed by atoms with Crippen molar-refractivity contribution in [2.75, 3.05) is 0 Å². The summed E-state index contributed by atoms with van der Waals surface area (Å²) in [6.07, 6.45) is 0.779. The third kappa shape index (κ3) is 1.21. The van der Waals surface area contributed by atoms with Crippen LogP contribution in [-0.4, -0.2) is 5.78 Å². The van der Waals surface area contributed by atoms with Crippen molar-refractivity contribution in [2.45, 2.75) is 33.1 Å². The van der Waals surface area contributed by atoms with Gasteiger partial charge in [0.05, 0.1) is 5.56 Å². The van der Waals surface area contributed by atoms with E-state index in [1.54, 1.807) is 0 Å². The molecular formula is C11H14O2. The number of carbonyl (C=O) groups is 1. The SMILES string of the molecule is CC1Cc2oc(C(C)C)cc2C1=O. The molecule has 1 unspecified atom stereocenters. The van der Waals surface area contributed by atoms with Gasteiger partial charge in [-0.3, -0.25) is 4.79 Å². The Morgan fingerprint density at radius 2 is 2.23 bits per heavy atom. The van der Waals surface area contributed by atoms with Crippen molar-refractivity contribution in [3.63, 3.8) is 0 Å². The van der Waals surface area contributed by atoms with Gasteiger partial charge in [0.1, 0.15) is 11.5 Å². The summed E-state index contributed by atoms with van der Waals surface area (Å²) in [6.45, 7) is 6.09. The van der Waals surface area contributed by atoms with Gasteiger partial charge in [0, 0.05) is 18.3 Å². The average molecular weight is 178 g/mol. The second-order valence-electron chi connectivity index (χ2n) is 4.11. The summed E-state index contributed by atoms with van der Waals surface area (Å²) in [5.74, 6) is 2.56. The minimum atomic E-state index is 0.120. The number of Topliss-reactive ketones (excluding diaryl/α,β-unsaturated/α-hetero) is 1. The molecule has 1 aliphatic carbocycles. The fourth-order valence-corrected chi connectivity index (χ4v) is 1.73. The molecule has 13 heavy (non-hydrogen) atoms. The molecule has 1 atom stereocenters. The zero-order chi connectivity index (χ0) is 9.59. The van der Waals surface area contributed by atoms with Crippen LogP contribution in [0.5, 0.6) is 0 Å². The van der Waals surface area contributed by atoms with Gasteiger partial charge in [0.2, 0.25) is 0 Å². The van der Waals surface area contributed by atoms with E-state index in [2.05, 4.69) is 13.8 Å². The standard InChI is InChI=1S/C11H14O2/c1-6(2)9-5-8-10(13-9)4-7(3)11(8)12/h5-7H,4H2,1-3H3. The summed E-state index contributed by atoms with van der Waals surface area (Å²) >= 11 is 0. The summed E-state index contributed by atoms with van der Waals surface area (Å²) in [5.41, 5.74) is 0.816. The largest absolute Gasteiger partial charge is 0.465 e. The summed E-state index contributed by atoms with van der Waals surface area (Å²) in [4.78, 5) is 11.6. The van der Waals surface area contributed by atoms with E-state index < -0.39 is 0 Å². The van der Waals surface area contributed by atoms with Crippen molar-refractivity contribution in [3.8, 4) is 0 Å². The summed E-state index contributed by atoms with van der Waals surface area (Å²) in [5, 5.41) is 0. The highest BCUT2D eigenvalue weighted by Gasteiger charge is 2.31. The fourth-order valence-electron chi connectivity index (χ4n) is 1.73. The minimum Gasteiger partial charge on any atom is -0.465 e. The van der Waals surface area contributed by atoms with E-state index in [0.717, 1.165) is 23.5 Å². The summed E-state index contributed by atoms with van der Waals surface area (Å²) in [7, 11) is 0. The van der Waals surface area contributed by atoms with Gasteiger partial charge in [0.15, 0.2) is 5.78 Å². The zero-order valence-electron chi connectivity index (χ0n) is 8.26. The molecule has 2 heteroatoms.